The van der Waals surface area contributed by atoms with Crippen molar-refractivity contribution in [2.24, 2.45) is 0 Å². The predicted molar refractivity (Wildman–Crippen MR) is 70.1 cm³/mol. The zero-order valence-corrected chi connectivity index (χ0v) is 11.3. The lowest BCUT2D eigenvalue weighted by Gasteiger charge is -2.19. The highest BCUT2D eigenvalue weighted by Crippen LogP contribution is 2.18. The first-order chi connectivity index (χ1) is 8.61. The first-order valence-electron chi connectivity index (χ1n) is 6.00. The van der Waals surface area contributed by atoms with Gasteiger partial charge in [-0.15, -0.1) is 0 Å². The maximum Gasteiger partial charge on any atom is 0.225 e. The number of aromatic nitrogens is 2. The van der Waals surface area contributed by atoms with E-state index >= 15 is 0 Å². The number of methoxy groups -OCH3 is 1. The van der Waals surface area contributed by atoms with Gasteiger partial charge in [-0.2, -0.15) is 4.98 Å². The van der Waals surface area contributed by atoms with Crippen LogP contribution in [0.2, 0.25) is 0 Å². The average Bonchev–Trinajstić information content (AvgIpc) is 2.78. The second-order valence-electron chi connectivity index (χ2n) is 4.66. The van der Waals surface area contributed by atoms with Crippen LogP contribution in [0.3, 0.4) is 0 Å². The van der Waals surface area contributed by atoms with Crippen molar-refractivity contribution in [2.45, 2.75) is 19.1 Å². The van der Waals surface area contributed by atoms with Crippen LogP contribution < -0.4 is 10.2 Å². The molecular formula is C12H20N4O2. The summed E-state index contributed by atoms with van der Waals surface area (Å²) in [6.45, 7) is 3.23. The van der Waals surface area contributed by atoms with Gasteiger partial charge in [0.2, 0.25) is 5.95 Å². The number of hydrogen-bond donors (Lipinski definition) is 1. The van der Waals surface area contributed by atoms with E-state index in [1.54, 1.807) is 7.11 Å². The van der Waals surface area contributed by atoms with Crippen LogP contribution in [0.4, 0.5) is 11.8 Å². The highest BCUT2D eigenvalue weighted by atomic mass is 16.5. The van der Waals surface area contributed by atoms with Gasteiger partial charge in [-0.05, 0) is 6.92 Å². The van der Waals surface area contributed by atoms with E-state index in [0.717, 1.165) is 11.4 Å². The fourth-order valence-electron chi connectivity index (χ4n) is 2.02. The van der Waals surface area contributed by atoms with Crippen LogP contribution in [-0.2, 0) is 9.47 Å². The van der Waals surface area contributed by atoms with Crippen LogP contribution in [0.5, 0.6) is 0 Å². The topological polar surface area (TPSA) is 59.5 Å². The standard InChI is InChI=1S/C12H20N4O2/c1-8-5-13-12(15-11(8)16(2)3)14-9-6-18-7-10(9)17-4/h5,9-10H,6-7H2,1-4H3,(H,13,14,15)/t9-,10-/m0/s1. The normalized spacial score (nSPS) is 23.1. The van der Waals surface area contributed by atoms with E-state index in [1.165, 1.54) is 0 Å². The van der Waals surface area contributed by atoms with Crippen molar-refractivity contribution in [3.8, 4) is 0 Å². The first-order valence-corrected chi connectivity index (χ1v) is 6.00. The molecule has 0 amide bonds. The van der Waals surface area contributed by atoms with Crippen molar-refractivity contribution in [2.75, 3.05) is 44.6 Å². The quantitative estimate of drug-likeness (QED) is 0.850. The molecule has 1 saturated heterocycles. The summed E-state index contributed by atoms with van der Waals surface area (Å²) >= 11 is 0. The Morgan fingerprint density at radius 3 is 2.89 bits per heavy atom. The van der Waals surface area contributed by atoms with Crippen molar-refractivity contribution in [3.63, 3.8) is 0 Å². The molecule has 0 spiro atoms. The third-order valence-corrected chi connectivity index (χ3v) is 3.01. The third kappa shape index (κ3) is 2.70. The number of ether oxygens (including phenoxy) is 2. The fourth-order valence-corrected chi connectivity index (χ4v) is 2.02. The number of anilines is 2. The molecular weight excluding hydrogens is 232 g/mol. The zero-order valence-electron chi connectivity index (χ0n) is 11.3. The highest BCUT2D eigenvalue weighted by molar-refractivity contribution is 5.47. The molecule has 1 aromatic heterocycles. The number of hydrogen-bond acceptors (Lipinski definition) is 6. The Kier molecular flexibility index (Phi) is 3.98. The summed E-state index contributed by atoms with van der Waals surface area (Å²) in [4.78, 5) is 10.8. The molecule has 0 bridgehead atoms. The Hall–Kier alpha value is -1.40. The smallest absolute Gasteiger partial charge is 0.225 e. The zero-order chi connectivity index (χ0) is 13.1. The Labute approximate surface area is 107 Å². The summed E-state index contributed by atoms with van der Waals surface area (Å²) in [6.07, 6.45) is 1.88. The molecule has 100 valence electrons. The van der Waals surface area contributed by atoms with Crippen LogP contribution in [0, 0.1) is 6.92 Å². The molecule has 0 aliphatic carbocycles. The van der Waals surface area contributed by atoms with Crippen molar-refractivity contribution < 1.29 is 9.47 Å². The van der Waals surface area contributed by atoms with Gasteiger partial charge in [-0.3, -0.25) is 0 Å². The van der Waals surface area contributed by atoms with Crippen molar-refractivity contribution in [3.05, 3.63) is 11.8 Å². The summed E-state index contributed by atoms with van der Waals surface area (Å²) in [5.74, 6) is 1.53. The molecule has 0 aromatic carbocycles. The maximum absolute atomic E-state index is 5.38. The van der Waals surface area contributed by atoms with E-state index in [9.17, 15) is 0 Å². The van der Waals surface area contributed by atoms with Gasteiger partial charge < -0.3 is 19.7 Å². The molecule has 1 aliphatic rings. The second-order valence-corrected chi connectivity index (χ2v) is 4.66. The van der Waals surface area contributed by atoms with Crippen LogP contribution >= 0.6 is 0 Å². The predicted octanol–water partition coefficient (Wildman–Crippen LogP) is 0.677. The van der Waals surface area contributed by atoms with Gasteiger partial charge in [-0.1, -0.05) is 0 Å². The molecule has 18 heavy (non-hydrogen) atoms. The first kappa shape index (κ1) is 13.0. The van der Waals surface area contributed by atoms with Crippen LogP contribution in [0.25, 0.3) is 0 Å². The molecule has 2 heterocycles. The van der Waals surface area contributed by atoms with Gasteiger partial charge in [0.15, 0.2) is 0 Å². The number of rotatable bonds is 4. The fraction of sp³-hybridized carbons (Fsp3) is 0.667. The number of nitrogens with one attached hydrogen (secondary N) is 1. The van der Waals surface area contributed by atoms with Crippen molar-refractivity contribution in [1.82, 2.24) is 9.97 Å². The van der Waals surface area contributed by atoms with Gasteiger partial charge in [0.25, 0.3) is 0 Å². The molecule has 1 aromatic rings. The Morgan fingerprint density at radius 1 is 1.44 bits per heavy atom. The molecule has 0 saturated carbocycles. The van der Waals surface area contributed by atoms with Gasteiger partial charge in [-0.25, -0.2) is 4.98 Å². The van der Waals surface area contributed by atoms with Crippen LogP contribution in [-0.4, -0.2) is 56.5 Å². The van der Waals surface area contributed by atoms with E-state index in [1.807, 2.05) is 32.1 Å². The second kappa shape index (κ2) is 5.49. The minimum atomic E-state index is 0.0534. The summed E-state index contributed by atoms with van der Waals surface area (Å²) in [7, 11) is 5.63. The Balaban J connectivity index is 2.12. The molecule has 6 nitrogen and oxygen atoms in total. The molecule has 1 N–H and O–H groups in total. The minimum absolute atomic E-state index is 0.0534. The summed E-state index contributed by atoms with van der Waals surface area (Å²) in [5.41, 5.74) is 1.05. The highest BCUT2D eigenvalue weighted by Gasteiger charge is 2.28. The van der Waals surface area contributed by atoms with Crippen molar-refractivity contribution in [1.29, 1.82) is 0 Å². The van der Waals surface area contributed by atoms with Crippen LogP contribution in [0.1, 0.15) is 5.56 Å². The van der Waals surface area contributed by atoms with E-state index in [-0.39, 0.29) is 12.1 Å². The van der Waals surface area contributed by atoms with E-state index in [2.05, 4.69) is 15.3 Å². The number of aryl methyl sites for hydroxylation is 1. The molecule has 6 heteroatoms. The van der Waals surface area contributed by atoms with E-state index in [4.69, 9.17) is 9.47 Å². The van der Waals surface area contributed by atoms with Gasteiger partial charge in [0, 0.05) is 33.0 Å². The molecule has 1 fully saturated rings. The Bertz CT molecular complexity index is 411. The Morgan fingerprint density at radius 2 is 2.22 bits per heavy atom. The van der Waals surface area contributed by atoms with Gasteiger partial charge in [0.1, 0.15) is 11.9 Å². The number of nitrogens with zero attached hydrogens (tertiary/aromatic N) is 3. The summed E-state index contributed by atoms with van der Waals surface area (Å²) in [5, 5.41) is 3.27. The summed E-state index contributed by atoms with van der Waals surface area (Å²) < 4.78 is 10.7. The average molecular weight is 252 g/mol. The monoisotopic (exact) mass is 252 g/mol. The molecule has 2 rings (SSSR count). The summed E-state index contributed by atoms with van der Waals surface area (Å²) in [6, 6.07) is 0.104. The largest absolute Gasteiger partial charge is 0.377 e. The molecule has 0 unspecified atom stereocenters. The third-order valence-electron chi connectivity index (χ3n) is 3.01. The van der Waals surface area contributed by atoms with Crippen LogP contribution in [0.15, 0.2) is 6.20 Å². The molecule has 0 radical (unpaired) electrons. The van der Waals surface area contributed by atoms with E-state index in [0.29, 0.717) is 19.2 Å². The van der Waals surface area contributed by atoms with Gasteiger partial charge in [0.05, 0.1) is 19.3 Å². The van der Waals surface area contributed by atoms with Crippen molar-refractivity contribution >= 4 is 11.8 Å². The maximum atomic E-state index is 5.38. The SMILES string of the molecule is CO[C@H]1COC[C@@H]1Nc1ncc(C)c(N(C)C)n1. The lowest BCUT2D eigenvalue weighted by atomic mass is 10.2. The molecule has 1 aliphatic heterocycles. The lowest BCUT2D eigenvalue weighted by molar-refractivity contribution is 0.0794. The minimum Gasteiger partial charge on any atom is -0.377 e. The lowest BCUT2D eigenvalue weighted by Crippen LogP contribution is -2.34. The van der Waals surface area contributed by atoms with Gasteiger partial charge >= 0.3 is 0 Å². The van der Waals surface area contributed by atoms with E-state index < -0.39 is 0 Å². The molecule has 2 atom stereocenters.